The van der Waals surface area contributed by atoms with Gasteiger partial charge >= 0.3 is 0 Å². The number of aromatic nitrogens is 2. The Bertz CT molecular complexity index is 822. The highest BCUT2D eigenvalue weighted by Gasteiger charge is 2.23. The third-order valence-corrected chi connectivity index (χ3v) is 4.72. The minimum atomic E-state index is 0.175. The van der Waals surface area contributed by atoms with E-state index >= 15 is 0 Å². The standard InChI is InChI=1S/C16H12N2OS/c19-13-6-3-7-14-15(13)18-16(20-14)12-9-8-10-4-1-2-5-11(10)17-12/h1-2,4-5,8-9H,3,6-7H2. The molecule has 0 saturated heterocycles. The van der Waals surface area contributed by atoms with Gasteiger partial charge in [-0.25, -0.2) is 9.97 Å². The maximum Gasteiger partial charge on any atom is 0.182 e. The number of carbonyl (C=O) groups excluding carboxylic acids is 1. The Balaban J connectivity index is 1.85. The monoisotopic (exact) mass is 280 g/mol. The third kappa shape index (κ3) is 1.84. The van der Waals surface area contributed by atoms with Crippen molar-refractivity contribution in [2.45, 2.75) is 19.3 Å². The zero-order valence-electron chi connectivity index (χ0n) is 10.8. The van der Waals surface area contributed by atoms with Gasteiger partial charge in [0.05, 0.1) is 11.2 Å². The van der Waals surface area contributed by atoms with Crippen molar-refractivity contribution in [1.82, 2.24) is 9.97 Å². The average Bonchev–Trinajstić information content (AvgIpc) is 2.92. The first-order chi connectivity index (χ1) is 9.81. The second-order valence-electron chi connectivity index (χ2n) is 4.96. The van der Waals surface area contributed by atoms with Crippen molar-refractivity contribution < 1.29 is 4.79 Å². The number of carbonyl (C=O) groups is 1. The Morgan fingerprint density at radius 3 is 2.80 bits per heavy atom. The summed E-state index contributed by atoms with van der Waals surface area (Å²) in [5, 5.41) is 1.98. The number of benzene rings is 1. The Labute approximate surface area is 120 Å². The summed E-state index contributed by atoms with van der Waals surface area (Å²) in [7, 11) is 0. The lowest BCUT2D eigenvalue weighted by atomic mass is 10.0. The molecule has 2 aromatic heterocycles. The van der Waals surface area contributed by atoms with Crippen LogP contribution in [-0.4, -0.2) is 15.8 Å². The Morgan fingerprint density at radius 2 is 1.90 bits per heavy atom. The molecule has 0 spiro atoms. The van der Waals surface area contributed by atoms with Crippen molar-refractivity contribution in [2.24, 2.45) is 0 Å². The quantitative estimate of drug-likeness (QED) is 0.679. The summed E-state index contributed by atoms with van der Waals surface area (Å²) < 4.78 is 0. The Hall–Kier alpha value is -2.07. The van der Waals surface area contributed by atoms with Crippen LogP contribution in [0, 0.1) is 0 Å². The molecule has 98 valence electrons. The van der Waals surface area contributed by atoms with Crippen LogP contribution >= 0.6 is 11.3 Å². The molecule has 0 saturated carbocycles. The second kappa shape index (κ2) is 4.49. The van der Waals surface area contributed by atoms with Gasteiger partial charge in [0.2, 0.25) is 0 Å². The fraction of sp³-hybridized carbons (Fsp3) is 0.188. The van der Waals surface area contributed by atoms with E-state index in [2.05, 4.69) is 16.0 Å². The van der Waals surface area contributed by atoms with E-state index in [1.54, 1.807) is 11.3 Å². The highest BCUT2D eigenvalue weighted by Crippen LogP contribution is 2.32. The summed E-state index contributed by atoms with van der Waals surface area (Å²) in [6, 6.07) is 12.1. The molecule has 4 heteroatoms. The number of aryl methyl sites for hydroxylation is 1. The summed E-state index contributed by atoms with van der Waals surface area (Å²) in [5.41, 5.74) is 2.49. The molecule has 0 bridgehead atoms. The van der Waals surface area contributed by atoms with Crippen LogP contribution in [0.2, 0.25) is 0 Å². The summed E-state index contributed by atoms with van der Waals surface area (Å²) in [6.45, 7) is 0. The van der Waals surface area contributed by atoms with E-state index in [0.717, 1.165) is 39.3 Å². The lowest BCUT2D eigenvalue weighted by Crippen LogP contribution is -2.08. The van der Waals surface area contributed by atoms with Gasteiger partial charge in [0.15, 0.2) is 5.78 Å². The van der Waals surface area contributed by atoms with Gasteiger partial charge in [-0.1, -0.05) is 24.3 Å². The number of hydrogen-bond donors (Lipinski definition) is 0. The van der Waals surface area contributed by atoms with Gasteiger partial charge in [0.1, 0.15) is 10.7 Å². The summed E-state index contributed by atoms with van der Waals surface area (Å²) in [6.07, 6.45) is 2.53. The van der Waals surface area contributed by atoms with E-state index in [1.165, 1.54) is 0 Å². The third-order valence-electron chi connectivity index (χ3n) is 3.59. The average molecular weight is 280 g/mol. The molecule has 2 heterocycles. The fourth-order valence-electron chi connectivity index (χ4n) is 2.56. The van der Waals surface area contributed by atoms with Crippen molar-refractivity contribution in [2.75, 3.05) is 0 Å². The van der Waals surface area contributed by atoms with Crippen molar-refractivity contribution in [3.05, 3.63) is 47.0 Å². The van der Waals surface area contributed by atoms with Crippen LogP contribution < -0.4 is 0 Å². The first-order valence-corrected chi connectivity index (χ1v) is 7.52. The molecule has 1 aliphatic carbocycles. The maximum absolute atomic E-state index is 11.9. The molecule has 0 fully saturated rings. The van der Waals surface area contributed by atoms with E-state index in [4.69, 9.17) is 0 Å². The first-order valence-electron chi connectivity index (χ1n) is 6.70. The molecular weight excluding hydrogens is 268 g/mol. The smallest absolute Gasteiger partial charge is 0.182 e. The number of nitrogens with zero attached hydrogens (tertiary/aromatic N) is 2. The van der Waals surface area contributed by atoms with Crippen LogP contribution in [0.4, 0.5) is 0 Å². The first kappa shape index (κ1) is 11.7. The van der Waals surface area contributed by atoms with E-state index in [9.17, 15) is 4.79 Å². The topological polar surface area (TPSA) is 42.9 Å². The molecule has 0 unspecified atom stereocenters. The predicted molar refractivity (Wildman–Crippen MR) is 80.1 cm³/mol. The summed E-state index contributed by atoms with van der Waals surface area (Å²) >= 11 is 1.61. The number of fused-ring (bicyclic) bond motifs is 2. The highest BCUT2D eigenvalue weighted by atomic mass is 32.1. The van der Waals surface area contributed by atoms with Gasteiger partial charge in [0, 0.05) is 16.7 Å². The minimum Gasteiger partial charge on any atom is -0.292 e. The van der Waals surface area contributed by atoms with Crippen LogP contribution in [-0.2, 0) is 6.42 Å². The number of pyridine rings is 1. The van der Waals surface area contributed by atoms with Crippen molar-refractivity contribution in [3.63, 3.8) is 0 Å². The van der Waals surface area contributed by atoms with E-state index in [-0.39, 0.29) is 5.78 Å². The summed E-state index contributed by atoms with van der Waals surface area (Å²) in [4.78, 5) is 22.1. The highest BCUT2D eigenvalue weighted by molar-refractivity contribution is 7.15. The van der Waals surface area contributed by atoms with E-state index in [1.807, 2.05) is 30.3 Å². The molecule has 1 aliphatic rings. The molecule has 0 atom stereocenters. The normalized spacial score (nSPS) is 14.5. The number of ketones is 1. The van der Waals surface area contributed by atoms with Crippen molar-refractivity contribution in [1.29, 1.82) is 0 Å². The van der Waals surface area contributed by atoms with Crippen LogP contribution in [0.5, 0.6) is 0 Å². The van der Waals surface area contributed by atoms with Crippen LogP contribution in [0.1, 0.15) is 28.2 Å². The number of thiazole rings is 1. The zero-order valence-corrected chi connectivity index (χ0v) is 11.6. The van der Waals surface area contributed by atoms with E-state index < -0.39 is 0 Å². The number of rotatable bonds is 1. The molecule has 0 radical (unpaired) electrons. The SMILES string of the molecule is O=C1CCCc2sc(-c3ccc4ccccc4n3)nc21. The van der Waals surface area contributed by atoms with Gasteiger partial charge in [-0.15, -0.1) is 11.3 Å². The van der Waals surface area contributed by atoms with Crippen LogP contribution in [0.3, 0.4) is 0 Å². The molecule has 3 nitrogen and oxygen atoms in total. The van der Waals surface area contributed by atoms with E-state index in [0.29, 0.717) is 12.1 Å². The fourth-order valence-corrected chi connectivity index (χ4v) is 3.65. The largest absolute Gasteiger partial charge is 0.292 e. The lowest BCUT2D eigenvalue weighted by molar-refractivity contribution is 0.0968. The molecule has 4 rings (SSSR count). The molecule has 20 heavy (non-hydrogen) atoms. The Kier molecular flexibility index (Phi) is 2.63. The van der Waals surface area contributed by atoms with Gasteiger partial charge in [-0.05, 0) is 25.0 Å². The van der Waals surface area contributed by atoms with Gasteiger partial charge in [-0.2, -0.15) is 0 Å². The van der Waals surface area contributed by atoms with Crippen molar-refractivity contribution in [3.8, 4) is 10.7 Å². The van der Waals surface area contributed by atoms with Crippen LogP contribution in [0.25, 0.3) is 21.6 Å². The van der Waals surface area contributed by atoms with Gasteiger partial charge in [-0.3, -0.25) is 4.79 Å². The zero-order chi connectivity index (χ0) is 13.5. The summed E-state index contributed by atoms with van der Waals surface area (Å²) in [5.74, 6) is 0.175. The van der Waals surface area contributed by atoms with Gasteiger partial charge < -0.3 is 0 Å². The van der Waals surface area contributed by atoms with Gasteiger partial charge in [0.25, 0.3) is 0 Å². The molecule has 1 aromatic carbocycles. The Morgan fingerprint density at radius 1 is 1.00 bits per heavy atom. The molecule has 3 aromatic rings. The number of para-hydroxylation sites is 1. The predicted octanol–water partition coefficient (Wildman–Crippen LogP) is 3.88. The number of Topliss-reactive ketones (excluding diaryl/α,β-unsaturated/α-hetero) is 1. The molecule has 0 N–H and O–H groups in total. The molecule has 0 aliphatic heterocycles. The lowest BCUT2D eigenvalue weighted by Gasteiger charge is -2.06. The maximum atomic E-state index is 11.9. The minimum absolute atomic E-state index is 0.175. The number of hydrogen-bond acceptors (Lipinski definition) is 4. The molecular formula is C16H12N2OS. The molecule has 0 amide bonds. The second-order valence-corrected chi connectivity index (χ2v) is 6.04. The van der Waals surface area contributed by atoms with Crippen LogP contribution in [0.15, 0.2) is 36.4 Å². The van der Waals surface area contributed by atoms with Crippen molar-refractivity contribution >= 4 is 28.0 Å².